The second kappa shape index (κ2) is 12.6. The van der Waals surface area contributed by atoms with Crippen molar-refractivity contribution in [2.24, 2.45) is 0 Å². The van der Waals surface area contributed by atoms with Crippen LogP contribution < -0.4 is 0 Å². The minimum Gasteiger partial charge on any atom is -0.308 e. The topological polar surface area (TPSA) is 48.5 Å². The summed E-state index contributed by atoms with van der Waals surface area (Å²) in [5, 5.41) is 7.39. The van der Waals surface area contributed by atoms with E-state index in [-0.39, 0.29) is 0 Å². The highest BCUT2D eigenvalue weighted by Crippen LogP contribution is 2.44. The molecule has 0 aliphatic rings. The number of aromatic nitrogens is 5. The minimum absolute atomic E-state index is 0.587. The quantitative estimate of drug-likeness (QED) is 0.176. The molecule has 4 aromatic heterocycles. The third-order valence-corrected chi connectivity index (χ3v) is 12.4. The van der Waals surface area contributed by atoms with Gasteiger partial charge in [0.25, 0.3) is 0 Å². The highest BCUT2D eigenvalue weighted by Gasteiger charge is 2.21. The summed E-state index contributed by atoms with van der Waals surface area (Å²) in [5.41, 5.74) is 9.91. The Morgan fingerprint density at radius 1 is 0.351 bits per heavy atom. The standard InChI is InChI=1S/C51H31N5S/c1-4-14-32(15-5-1)49-52-50(33-16-6-2-7-17-33)54-51(53-49)56-43-22-12-10-20-37(43)41-30-34(25-29-45(41)56)35-24-28-44-42(31-35)39-26-27-40-38-21-11-13-23-46(38)57-48(40)47(39)55(44)36-18-8-3-9-19-36/h1-31H. The molecule has 12 rings (SSSR count). The number of nitrogens with zero attached hydrogens (tertiary/aromatic N) is 5. The Labute approximate surface area is 331 Å². The Morgan fingerprint density at radius 3 is 1.56 bits per heavy atom. The van der Waals surface area contributed by atoms with Gasteiger partial charge < -0.3 is 4.57 Å². The smallest absolute Gasteiger partial charge is 0.238 e. The Balaban J connectivity index is 1.07. The predicted octanol–water partition coefficient (Wildman–Crippen LogP) is 13.4. The fourth-order valence-corrected chi connectivity index (χ4v) is 9.81. The van der Waals surface area contributed by atoms with Gasteiger partial charge in [-0.2, -0.15) is 9.97 Å². The van der Waals surface area contributed by atoms with Crippen molar-refractivity contribution < 1.29 is 0 Å². The normalized spacial score (nSPS) is 11.9. The van der Waals surface area contributed by atoms with E-state index in [4.69, 9.17) is 15.0 Å². The zero-order valence-electron chi connectivity index (χ0n) is 30.5. The second-order valence-electron chi connectivity index (χ2n) is 14.4. The maximum absolute atomic E-state index is 5.12. The molecule has 5 nitrogen and oxygen atoms in total. The lowest BCUT2D eigenvalue weighted by Gasteiger charge is -2.11. The van der Waals surface area contributed by atoms with Crippen LogP contribution in [0.5, 0.6) is 0 Å². The van der Waals surface area contributed by atoms with Gasteiger partial charge in [-0.1, -0.05) is 140 Å². The highest BCUT2D eigenvalue weighted by molar-refractivity contribution is 7.26. The van der Waals surface area contributed by atoms with Gasteiger partial charge in [-0.3, -0.25) is 4.57 Å². The summed E-state index contributed by atoms with van der Waals surface area (Å²) in [4.78, 5) is 15.2. The molecule has 0 bridgehead atoms. The molecule has 0 radical (unpaired) electrons. The van der Waals surface area contributed by atoms with E-state index in [0.29, 0.717) is 17.6 Å². The fourth-order valence-electron chi connectivity index (χ4n) is 8.57. The van der Waals surface area contributed by atoms with E-state index < -0.39 is 0 Å². The lowest BCUT2D eigenvalue weighted by atomic mass is 10.0. The Hall–Kier alpha value is -7.41. The summed E-state index contributed by atoms with van der Waals surface area (Å²) in [6.45, 7) is 0. The molecule has 0 N–H and O–H groups in total. The lowest BCUT2D eigenvalue weighted by molar-refractivity contribution is 0.953. The summed E-state index contributed by atoms with van der Waals surface area (Å²) in [7, 11) is 0. The third kappa shape index (κ3) is 4.98. The van der Waals surface area contributed by atoms with Crippen molar-refractivity contribution in [2.45, 2.75) is 0 Å². The molecule has 0 fully saturated rings. The van der Waals surface area contributed by atoms with Crippen LogP contribution in [-0.4, -0.2) is 24.1 Å². The number of thiophene rings is 1. The van der Waals surface area contributed by atoms with Crippen molar-refractivity contribution in [1.29, 1.82) is 0 Å². The van der Waals surface area contributed by atoms with Crippen LogP contribution >= 0.6 is 11.3 Å². The van der Waals surface area contributed by atoms with E-state index in [1.807, 2.05) is 72.0 Å². The predicted molar refractivity (Wildman–Crippen MR) is 238 cm³/mol. The van der Waals surface area contributed by atoms with Crippen LogP contribution in [0.4, 0.5) is 0 Å². The van der Waals surface area contributed by atoms with Gasteiger partial charge in [0.15, 0.2) is 11.6 Å². The van der Waals surface area contributed by atoms with Crippen molar-refractivity contribution in [1.82, 2.24) is 24.1 Å². The largest absolute Gasteiger partial charge is 0.308 e. The van der Waals surface area contributed by atoms with Crippen molar-refractivity contribution in [2.75, 3.05) is 0 Å². The molecular weight excluding hydrogens is 715 g/mol. The lowest BCUT2D eigenvalue weighted by Crippen LogP contribution is -2.06. The van der Waals surface area contributed by atoms with Gasteiger partial charge in [0, 0.05) is 53.8 Å². The number of hydrogen-bond acceptors (Lipinski definition) is 4. The van der Waals surface area contributed by atoms with Crippen LogP contribution in [-0.2, 0) is 0 Å². The average Bonchev–Trinajstić information content (AvgIpc) is 3.94. The summed E-state index contributed by atoms with van der Waals surface area (Å²) in [5.74, 6) is 1.86. The molecule has 0 aliphatic carbocycles. The molecule has 266 valence electrons. The van der Waals surface area contributed by atoms with Gasteiger partial charge in [-0.25, -0.2) is 4.98 Å². The highest BCUT2D eigenvalue weighted by atomic mass is 32.1. The molecule has 57 heavy (non-hydrogen) atoms. The van der Waals surface area contributed by atoms with Gasteiger partial charge in [0.05, 0.1) is 26.8 Å². The van der Waals surface area contributed by atoms with E-state index in [2.05, 4.69) is 137 Å². The first kappa shape index (κ1) is 31.9. The van der Waals surface area contributed by atoms with Crippen LogP contribution in [0.2, 0.25) is 0 Å². The molecule has 8 aromatic carbocycles. The van der Waals surface area contributed by atoms with E-state index >= 15 is 0 Å². The van der Waals surface area contributed by atoms with Crippen molar-refractivity contribution in [3.63, 3.8) is 0 Å². The maximum atomic E-state index is 5.12. The van der Waals surface area contributed by atoms with Crippen LogP contribution in [0.25, 0.3) is 109 Å². The molecule has 12 aromatic rings. The molecule has 6 heteroatoms. The number of para-hydroxylation sites is 2. The summed E-state index contributed by atoms with van der Waals surface area (Å²) >= 11 is 1.88. The minimum atomic E-state index is 0.587. The number of fused-ring (bicyclic) bond motifs is 10. The third-order valence-electron chi connectivity index (χ3n) is 11.2. The first-order valence-electron chi connectivity index (χ1n) is 19.1. The van der Waals surface area contributed by atoms with Crippen LogP contribution in [0.1, 0.15) is 0 Å². The van der Waals surface area contributed by atoms with Gasteiger partial charge in [0.2, 0.25) is 5.95 Å². The zero-order valence-corrected chi connectivity index (χ0v) is 31.4. The summed E-state index contributed by atoms with van der Waals surface area (Å²) in [6, 6.07) is 66.7. The molecule has 0 saturated heterocycles. The Morgan fingerprint density at radius 2 is 0.877 bits per heavy atom. The van der Waals surface area contributed by atoms with Crippen molar-refractivity contribution >= 4 is 75.1 Å². The van der Waals surface area contributed by atoms with E-state index in [0.717, 1.165) is 44.2 Å². The average molecular weight is 746 g/mol. The number of rotatable bonds is 5. The van der Waals surface area contributed by atoms with Crippen LogP contribution in [0.3, 0.4) is 0 Å². The summed E-state index contributed by atoms with van der Waals surface area (Å²) < 4.78 is 7.25. The van der Waals surface area contributed by atoms with Crippen molar-refractivity contribution in [3.05, 3.63) is 188 Å². The molecule has 0 spiro atoms. The fraction of sp³-hybridized carbons (Fsp3) is 0. The molecule has 0 atom stereocenters. The SMILES string of the molecule is c1ccc(-c2nc(-c3ccccc3)nc(-n3c4ccccc4c4cc(-c5ccc6c(c5)c5ccc7c8ccccc8sc7c5n6-c5ccccc5)ccc43)n2)cc1. The first-order valence-corrected chi connectivity index (χ1v) is 19.9. The first-order chi connectivity index (χ1) is 28.3. The second-order valence-corrected chi connectivity index (χ2v) is 15.5. The molecule has 0 saturated carbocycles. The molecule has 0 aliphatic heterocycles. The molecule has 0 amide bonds. The van der Waals surface area contributed by atoms with Crippen molar-refractivity contribution in [3.8, 4) is 45.5 Å². The Kier molecular flexibility index (Phi) is 7.03. The maximum Gasteiger partial charge on any atom is 0.238 e. The van der Waals surface area contributed by atoms with E-state index in [1.165, 1.54) is 47.5 Å². The van der Waals surface area contributed by atoms with Gasteiger partial charge >= 0.3 is 0 Å². The van der Waals surface area contributed by atoms with Gasteiger partial charge in [-0.15, -0.1) is 11.3 Å². The van der Waals surface area contributed by atoms with Crippen LogP contribution in [0, 0.1) is 0 Å². The van der Waals surface area contributed by atoms with Gasteiger partial charge in [0.1, 0.15) is 0 Å². The van der Waals surface area contributed by atoms with E-state index in [9.17, 15) is 0 Å². The summed E-state index contributed by atoms with van der Waals surface area (Å²) in [6.07, 6.45) is 0. The van der Waals surface area contributed by atoms with E-state index in [1.54, 1.807) is 0 Å². The molecular formula is C51H31N5S. The van der Waals surface area contributed by atoms with Gasteiger partial charge in [-0.05, 0) is 59.7 Å². The molecule has 4 heterocycles. The monoisotopic (exact) mass is 745 g/mol. The Bertz CT molecular complexity index is 3450. The molecule has 0 unspecified atom stereocenters. The zero-order chi connectivity index (χ0) is 37.5. The van der Waals surface area contributed by atoms with Crippen LogP contribution in [0.15, 0.2) is 188 Å². The number of hydrogen-bond donors (Lipinski definition) is 0. The number of benzene rings is 8.